The van der Waals surface area contributed by atoms with Crippen LogP contribution >= 0.6 is 23.4 Å². The molecule has 140 valence electrons. The summed E-state index contributed by atoms with van der Waals surface area (Å²) in [5.74, 6) is 1.04. The number of carbonyl (C=O) groups excluding carboxylic acids is 1. The number of halogens is 1. The number of carbonyl (C=O) groups is 1. The zero-order valence-electron chi connectivity index (χ0n) is 15.1. The quantitative estimate of drug-likeness (QED) is 0.543. The Labute approximate surface area is 163 Å². The fourth-order valence-electron chi connectivity index (χ4n) is 3.50. The minimum atomic E-state index is 0.000150. The number of amides is 1. The van der Waals surface area contributed by atoms with Crippen molar-refractivity contribution < 1.29 is 4.79 Å². The average Bonchev–Trinajstić information content (AvgIpc) is 3.29. The van der Waals surface area contributed by atoms with Crippen molar-refractivity contribution >= 4 is 29.3 Å². The van der Waals surface area contributed by atoms with Crippen molar-refractivity contribution in [3.05, 3.63) is 40.7 Å². The molecule has 1 heterocycles. The fourth-order valence-corrected chi connectivity index (χ4v) is 4.27. The van der Waals surface area contributed by atoms with Gasteiger partial charge in [-0.1, -0.05) is 54.4 Å². The van der Waals surface area contributed by atoms with Gasteiger partial charge < -0.3 is 9.88 Å². The standard InChI is InChI=1S/C19H25ClN4OS/c1-26-19-23-22-17(24(19)15-8-3-4-9-15)11-6-12-21-18(25)13-14-7-2-5-10-16(14)20/h2,5,7,10,15H,3-4,6,8-9,11-13H2,1H3,(H,21,25). The molecule has 0 radical (unpaired) electrons. The van der Waals surface area contributed by atoms with E-state index in [4.69, 9.17) is 11.6 Å². The summed E-state index contributed by atoms with van der Waals surface area (Å²) in [6.45, 7) is 0.634. The zero-order chi connectivity index (χ0) is 18.4. The molecule has 1 aliphatic rings. The summed E-state index contributed by atoms with van der Waals surface area (Å²) in [5.41, 5.74) is 0.859. The van der Waals surface area contributed by atoms with Gasteiger partial charge in [0.25, 0.3) is 0 Å². The fraction of sp³-hybridized carbons (Fsp3) is 0.526. The van der Waals surface area contributed by atoms with E-state index in [9.17, 15) is 4.79 Å². The van der Waals surface area contributed by atoms with E-state index in [2.05, 4.69) is 20.1 Å². The first-order valence-electron chi connectivity index (χ1n) is 9.17. The SMILES string of the molecule is CSc1nnc(CCCNC(=O)Cc2ccccc2Cl)n1C1CCCC1. The summed E-state index contributed by atoms with van der Waals surface area (Å²) in [6, 6.07) is 8.00. The summed E-state index contributed by atoms with van der Waals surface area (Å²) in [4.78, 5) is 12.1. The molecule has 1 aromatic carbocycles. The Hall–Kier alpha value is -1.53. The van der Waals surface area contributed by atoms with E-state index in [1.54, 1.807) is 11.8 Å². The molecule has 0 saturated heterocycles. The van der Waals surface area contributed by atoms with Gasteiger partial charge in [0.1, 0.15) is 5.82 Å². The maximum Gasteiger partial charge on any atom is 0.224 e. The highest BCUT2D eigenvalue weighted by Gasteiger charge is 2.23. The Morgan fingerprint density at radius 2 is 2.08 bits per heavy atom. The van der Waals surface area contributed by atoms with Crippen LogP contribution in [0, 0.1) is 0 Å². The van der Waals surface area contributed by atoms with E-state index < -0.39 is 0 Å². The number of hydrogen-bond donors (Lipinski definition) is 1. The smallest absolute Gasteiger partial charge is 0.224 e. The van der Waals surface area contributed by atoms with Crippen LogP contribution in [0.5, 0.6) is 0 Å². The number of nitrogens with one attached hydrogen (secondary N) is 1. The van der Waals surface area contributed by atoms with Crippen LogP contribution in [-0.2, 0) is 17.6 Å². The lowest BCUT2D eigenvalue weighted by Crippen LogP contribution is -2.26. The minimum absolute atomic E-state index is 0.000150. The first-order chi connectivity index (χ1) is 12.7. The number of thioether (sulfide) groups is 1. The average molecular weight is 393 g/mol. The van der Waals surface area contributed by atoms with E-state index in [0.717, 1.165) is 29.4 Å². The third kappa shape index (κ3) is 4.80. The Balaban J connectivity index is 1.48. The highest BCUT2D eigenvalue weighted by atomic mass is 35.5. The van der Waals surface area contributed by atoms with Crippen LogP contribution in [0.2, 0.25) is 5.02 Å². The number of aromatic nitrogens is 3. The van der Waals surface area contributed by atoms with Gasteiger partial charge >= 0.3 is 0 Å². The molecular weight excluding hydrogens is 368 g/mol. The second kappa shape index (κ2) is 9.42. The van der Waals surface area contributed by atoms with E-state index in [-0.39, 0.29) is 5.91 Å². The molecule has 1 N–H and O–H groups in total. The van der Waals surface area contributed by atoms with Crippen LogP contribution in [0.15, 0.2) is 29.4 Å². The number of aryl methyl sites for hydroxylation is 1. The Morgan fingerprint density at radius 3 is 2.81 bits per heavy atom. The maximum atomic E-state index is 12.1. The van der Waals surface area contributed by atoms with E-state index in [0.29, 0.717) is 24.0 Å². The van der Waals surface area contributed by atoms with Gasteiger partial charge in [0.05, 0.1) is 6.42 Å². The number of benzene rings is 1. The normalized spacial score (nSPS) is 14.7. The summed E-state index contributed by atoms with van der Waals surface area (Å²) in [5, 5.41) is 13.3. The summed E-state index contributed by atoms with van der Waals surface area (Å²) in [6.07, 6.45) is 9.05. The van der Waals surface area contributed by atoms with Gasteiger partial charge in [-0.05, 0) is 37.1 Å². The molecule has 1 amide bonds. The predicted octanol–water partition coefficient (Wildman–Crippen LogP) is 4.06. The Bertz CT molecular complexity index is 743. The molecule has 1 saturated carbocycles. The van der Waals surface area contributed by atoms with Crippen LogP contribution in [0.1, 0.15) is 49.5 Å². The van der Waals surface area contributed by atoms with E-state index in [1.807, 2.05) is 30.5 Å². The van der Waals surface area contributed by atoms with Gasteiger partial charge in [0.2, 0.25) is 5.91 Å². The van der Waals surface area contributed by atoms with Gasteiger partial charge in [-0.3, -0.25) is 4.79 Å². The summed E-state index contributed by atoms with van der Waals surface area (Å²) in [7, 11) is 0. The molecule has 7 heteroatoms. The molecule has 0 spiro atoms. The van der Waals surface area contributed by atoms with E-state index in [1.165, 1.54) is 25.7 Å². The van der Waals surface area contributed by atoms with Crippen molar-refractivity contribution in [1.82, 2.24) is 20.1 Å². The van der Waals surface area contributed by atoms with E-state index >= 15 is 0 Å². The van der Waals surface area contributed by atoms with Crippen LogP contribution in [0.25, 0.3) is 0 Å². The second-order valence-electron chi connectivity index (χ2n) is 6.63. The lowest BCUT2D eigenvalue weighted by Gasteiger charge is -2.16. The van der Waals surface area contributed by atoms with Crippen molar-refractivity contribution in [2.24, 2.45) is 0 Å². The first-order valence-corrected chi connectivity index (χ1v) is 10.8. The van der Waals surface area contributed by atoms with Crippen LogP contribution < -0.4 is 5.32 Å². The molecule has 0 unspecified atom stereocenters. The second-order valence-corrected chi connectivity index (χ2v) is 7.81. The topological polar surface area (TPSA) is 59.8 Å². The molecule has 1 aliphatic carbocycles. The molecule has 26 heavy (non-hydrogen) atoms. The van der Waals surface area contributed by atoms with Gasteiger partial charge in [0.15, 0.2) is 5.16 Å². The number of hydrogen-bond acceptors (Lipinski definition) is 4. The Morgan fingerprint density at radius 1 is 1.31 bits per heavy atom. The molecule has 2 aromatic rings. The van der Waals surface area contributed by atoms with Crippen LogP contribution in [0.3, 0.4) is 0 Å². The molecule has 0 bridgehead atoms. The van der Waals surface area contributed by atoms with Crippen LogP contribution in [-0.4, -0.2) is 33.5 Å². The van der Waals surface area contributed by atoms with Crippen molar-refractivity contribution in [3.63, 3.8) is 0 Å². The molecule has 3 rings (SSSR count). The van der Waals surface area contributed by atoms with Gasteiger partial charge in [-0.15, -0.1) is 10.2 Å². The molecule has 1 aromatic heterocycles. The minimum Gasteiger partial charge on any atom is -0.356 e. The third-order valence-electron chi connectivity index (χ3n) is 4.82. The lowest BCUT2D eigenvalue weighted by atomic mass is 10.1. The van der Waals surface area contributed by atoms with Crippen molar-refractivity contribution in [2.45, 2.75) is 56.1 Å². The Kier molecular flexibility index (Phi) is 6.97. The third-order valence-corrected chi connectivity index (χ3v) is 5.83. The zero-order valence-corrected chi connectivity index (χ0v) is 16.7. The molecule has 5 nitrogen and oxygen atoms in total. The van der Waals surface area contributed by atoms with Crippen molar-refractivity contribution in [1.29, 1.82) is 0 Å². The summed E-state index contributed by atoms with van der Waals surface area (Å²) < 4.78 is 2.32. The van der Waals surface area contributed by atoms with Gasteiger partial charge in [-0.25, -0.2) is 0 Å². The molecule has 1 fully saturated rings. The molecule has 0 atom stereocenters. The molecular formula is C19H25ClN4OS. The van der Waals surface area contributed by atoms with Crippen LogP contribution in [0.4, 0.5) is 0 Å². The van der Waals surface area contributed by atoms with Crippen molar-refractivity contribution in [2.75, 3.05) is 12.8 Å². The highest BCUT2D eigenvalue weighted by Crippen LogP contribution is 2.33. The highest BCUT2D eigenvalue weighted by molar-refractivity contribution is 7.98. The number of nitrogens with zero attached hydrogens (tertiary/aromatic N) is 3. The number of rotatable bonds is 8. The van der Waals surface area contributed by atoms with Gasteiger partial charge in [-0.2, -0.15) is 0 Å². The maximum absolute atomic E-state index is 12.1. The molecule has 0 aliphatic heterocycles. The largest absolute Gasteiger partial charge is 0.356 e. The lowest BCUT2D eigenvalue weighted by molar-refractivity contribution is -0.120. The summed E-state index contributed by atoms with van der Waals surface area (Å²) >= 11 is 7.76. The van der Waals surface area contributed by atoms with Crippen molar-refractivity contribution in [3.8, 4) is 0 Å². The van der Waals surface area contributed by atoms with Gasteiger partial charge in [0, 0.05) is 24.0 Å². The monoisotopic (exact) mass is 392 g/mol. The first kappa shape index (κ1) is 19.2. The predicted molar refractivity (Wildman–Crippen MR) is 106 cm³/mol.